The zero-order valence-electron chi connectivity index (χ0n) is 33.1. The van der Waals surface area contributed by atoms with Crippen LogP contribution in [0.25, 0.3) is 67.5 Å². The molecule has 284 valence electrons. The molecule has 1 saturated carbocycles. The minimum atomic E-state index is -2.29. The lowest BCUT2D eigenvalue weighted by Gasteiger charge is -2.39. The summed E-state index contributed by atoms with van der Waals surface area (Å²) in [5.41, 5.74) is 12.5. The van der Waals surface area contributed by atoms with Crippen molar-refractivity contribution < 1.29 is 4.57 Å². The maximum absolute atomic E-state index is 12.6. The van der Waals surface area contributed by atoms with E-state index in [0.29, 0.717) is 17.5 Å². The van der Waals surface area contributed by atoms with Crippen LogP contribution in [0.3, 0.4) is 0 Å². The molecule has 5 heteroatoms. The Morgan fingerprint density at radius 1 is 0.379 bits per heavy atom. The fraction of sp³-hybridized carbons (Fsp3) is 0.151. The number of aromatic nitrogens is 3. The lowest BCUT2D eigenvalue weighted by molar-refractivity contribution is 0.346. The summed E-state index contributed by atoms with van der Waals surface area (Å²) in [6, 6.07) is 64.2. The predicted molar refractivity (Wildman–Crippen MR) is 242 cm³/mol. The van der Waals surface area contributed by atoms with E-state index in [9.17, 15) is 4.57 Å². The van der Waals surface area contributed by atoms with Gasteiger partial charge in [0.2, 0.25) is 0 Å². The molecule has 1 heterocycles. The van der Waals surface area contributed by atoms with E-state index in [2.05, 4.69) is 152 Å². The molecule has 0 bridgehead atoms. The molecule has 0 aliphatic heterocycles. The third kappa shape index (κ3) is 7.61. The average molecular weight is 772 g/mol. The fourth-order valence-corrected chi connectivity index (χ4v) is 9.45. The molecular formula is C53H46N3OP. The van der Waals surface area contributed by atoms with Crippen molar-refractivity contribution in [3.8, 4) is 67.5 Å². The Labute approximate surface area is 342 Å². The maximum atomic E-state index is 12.6. The van der Waals surface area contributed by atoms with Gasteiger partial charge in [0, 0.05) is 27.4 Å². The zero-order valence-corrected chi connectivity index (χ0v) is 33.9. The van der Waals surface area contributed by atoms with Crippen molar-refractivity contribution in [2.75, 3.05) is 13.3 Å². The number of rotatable bonds is 9. The Bertz CT molecular complexity index is 2700. The van der Waals surface area contributed by atoms with Gasteiger partial charge in [-0.2, -0.15) is 0 Å². The average Bonchev–Trinajstić information content (AvgIpc) is 3.29. The minimum Gasteiger partial charge on any atom is -0.319 e. The number of hydrogen-bond acceptors (Lipinski definition) is 4. The Morgan fingerprint density at radius 3 is 1.19 bits per heavy atom. The first-order chi connectivity index (χ1) is 28.3. The van der Waals surface area contributed by atoms with Crippen LogP contribution in [0.5, 0.6) is 0 Å². The quantitative estimate of drug-likeness (QED) is 0.137. The molecule has 0 radical (unpaired) electrons. The summed E-state index contributed by atoms with van der Waals surface area (Å²) >= 11 is 0. The molecule has 1 aliphatic carbocycles. The summed E-state index contributed by atoms with van der Waals surface area (Å²) in [5, 5.41) is 0.914. The number of benzene rings is 7. The summed E-state index contributed by atoms with van der Waals surface area (Å²) in [6.07, 6.45) is 5.89. The Morgan fingerprint density at radius 2 is 0.724 bits per heavy atom. The van der Waals surface area contributed by atoms with Gasteiger partial charge in [0.15, 0.2) is 17.5 Å². The lowest BCUT2D eigenvalue weighted by Crippen LogP contribution is -2.30. The standard InChI is InChI=1S/C53H46N3OP/c1-58(2,57)47-34-28-39(29-35-47)38-24-30-45(31-25-38)53(36-12-5-13-37-53)46-32-26-44(27-33-46)52-55-50(42-16-8-4-9-17-42)54-51(56-52)43-22-20-41(21-23-43)49-19-11-10-18-48(49)40-14-6-3-7-15-40/h3-4,6-11,14-35H,5,12-13,36-37H2,1-2H3. The monoisotopic (exact) mass is 771 g/mol. The van der Waals surface area contributed by atoms with Crippen molar-refractivity contribution in [2.45, 2.75) is 37.5 Å². The van der Waals surface area contributed by atoms with Gasteiger partial charge >= 0.3 is 0 Å². The second-order valence-corrected chi connectivity index (χ2v) is 19.1. The van der Waals surface area contributed by atoms with Gasteiger partial charge in [0.05, 0.1) is 0 Å². The van der Waals surface area contributed by atoms with Crippen LogP contribution in [0.1, 0.15) is 43.2 Å². The third-order valence-corrected chi connectivity index (χ3v) is 13.3. The molecule has 7 aromatic carbocycles. The fourth-order valence-electron chi connectivity index (χ4n) is 8.59. The van der Waals surface area contributed by atoms with E-state index in [1.807, 2.05) is 43.7 Å². The predicted octanol–water partition coefficient (Wildman–Crippen LogP) is 13.4. The molecule has 0 atom stereocenters. The highest BCUT2D eigenvalue weighted by atomic mass is 31.2. The van der Waals surface area contributed by atoms with Gasteiger partial charge in [-0.25, -0.2) is 15.0 Å². The smallest absolute Gasteiger partial charge is 0.164 e. The van der Waals surface area contributed by atoms with Gasteiger partial charge in [-0.1, -0.05) is 201 Å². The first-order valence-corrected chi connectivity index (χ1v) is 22.9. The molecule has 8 aromatic rings. The summed E-state index contributed by atoms with van der Waals surface area (Å²) < 4.78 is 12.6. The first kappa shape index (κ1) is 37.4. The Balaban J connectivity index is 1.04. The van der Waals surface area contributed by atoms with Crippen molar-refractivity contribution >= 4 is 12.4 Å². The summed E-state index contributed by atoms with van der Waals surface area (Å²) in [5.74, 6) is 1.96. The molecule has 0 saturated heterocycles. The summed E-state index contributed by atoms with van der Waals surface area (Å²) in [4.78, 5) is 15.2. The molecule has 0 amide bonds. The van der Waals surface area contributed by atoms with Gasteiger partial charge in [0.25, 0.3) is 0 Å². The molecule has 0 unspecified atom stereocenters. The highest BCUT2D eigenvalue weighted by Crippen LogP contribution is 2.46. The summed E-state index contributed by atoms with van der Waals surface area (Å²) in [7, 11) is -2.29. The van der Waals surface area contributed by atoms with Crippen molar-refractivity contribution in [1.29, 1.82) is 0 Å². The van der Waals surface area contributed by atoms with E-state index >= 15 is 0 Å². The Kier molecular flexibility index (Phi) is 10.3. The maximum Gasteiger partial charge on any atom is 0.164 e. The topological polar surface area (TPSA) is 55.7 Å². The minimum absolute atomic E-state index is 0.0590. The highest BCUT2D eigenvalue weighted by Gasteiger charge is 2.35. The molecular weight excluding hydrogens is 726 g/mol. The van der Waals surface area contributed by atoms with Gasteiger partial charge in [0.1, 0.15) is 7.14 Å². The lowest BCUT2D eigenvalue weighted by atomic mass is 9.65. The molecule has 58 heavy (non-hydrogen) atoms. The van der Waals surface area contributed by atoms with E-state index in [0.717, 1.165) is 46.0 Å². The van der Waals surface area contributed by atoms with Crippen LogP contribution in [0.4, 0.5) is 0 Å². The van der Waals surface area contributed by atoms with Crippen LogP contribution in [0.2, 0.25) is 0 Å². The molecule has 4 nitrogen and oxygen atoms in total. The second-order valence-electron chi connectivity index (χ2n) is 15.9. The van der Waals surface area contributed by atoms with E-state index in [1.165, 1.54) is 52.6 Å². The first-order valence-electron chi connectivity index (χ1n) is 20.3. The van der Waals surface area contributed by atoms with Crippen molar-refractivity contribution in [3.63, 3.8) is 0 Å². The third-order valence-electron chi connectivity index (χ3n) is 11.8. The van der Waals surface area contributed by atoms with Crippen molar-refractivity contribution in [1.82, 2.24) is 15.0 Å². The van der Waals surface area contributed by atoms with Crippen LogP contribution >= 0.6 is 7.14 Å². The van der Waals surface area contributed by atoms with Crippen LogP contribution in [-0.2, 0) is 9.98 Å². The van der Waals surface area contributed by atoms with Crippen LogP contribution in [-0.4, -0.2) is 28.3 Å². The summed E-state index contributed by atoms with van der Waals surface area (Å²) in [6.45, 7) is 3.65. The number of nitrogens with zero attached hydrogens (tertiary/aromatic N) is 3. The normalized spacial score (nSPS) is 13.9. The molecule has 0 spiro atoms. The molecule has 0 N–H and O–H groups in total. The van der Waals surface area contributed by atoms with E-state index in [4.69, 9.17) is 15.0 Å². The molecule has 9 rings (SSSR count). The van der Waals surface area contributed by atoms with E-state index < -0.39 is 7.14 Å². The van der Waals surface area contributed by atoms with Gasteiger partial charge in [-0.15, -0.1) is 0 Å². The SMILES string of the molecule is CP(C)(=O)c1ccc(-c2ccc(C3(c4ccc(-c5nc(-c6ccccc6)nc(-c6ccc(-c7ccccc7-c7ccccc7)cc6)n5)cc4)CCCCC3)cc2)cc1. The van der Waals surface area contributed by atoms with Crippen molar-refractivity contribution in [2.24, 2.45) is 0 Å². The van der Waals surface area contributed by atoms with Gasteiger partial charge < -0.3 is 4.57 Å². The van der Waals surface area contributed by atoms with Crippen LogP contribution in [0.15, 0.2) is 182 Å². The van der Waals surface area contributed by atoms with Gasteiger partial charge in [-0.05, 0) is 70.7 Å². The van der Waals surface area contributed by atoms with E-state index in [1.54, 1.807) is 0 Å². The largest absolute Gasteiger partial charge is 0.319 e. The molecule has 1 aliphatic rings. The van der Waals surface area contributed by atoms with Crippen LogP contribution in [0, 0.1) is 0 Å². The van der Waals surface area contributed by atoms with Crippen molar-refractivity contribution in [3.05, 3.63) is 193 Å². The zero-order chi connectivity index (χ0) is 39.5. The van der Waals surface area contributed by atoms with E-state index in [-0.39, 0.29) is 5.41 Å². The molecule has 1 aromatic heterocycles. The van der Waals surface area contributed by atoms with Crippen LogP contribution < -0.4 is 5.30 Å². The Hall–Kier alpha value is -6.22. The second kappa shape index (κ2) is 16.0. The highest BCUT2D eigenvalue weighted by molar-refractivity contribution is 7.70. The number of hydrogen-bond donors (Lipinski definition) is 0. The molecule has 1 fully saturated rings. The van der Waals surface area contributed by atoms with Gasteiger partial charge in [-0.3, -0.25) is 0 Å².